The van der Waals surface area contributed by atoms with E-state index in [1.54, 1.807) is 0 Å². The van der Waals surface area contributed by atoms with Crippen LogP contribution in [0, 0.1) is 77.0 Å². The van der Waals surface area contributed by atoms with Crippen LogP contribution in [0.2, 0.25) is 0 Å². The zero-order valence-corrected chi connectivity index (χ0v) is 22.4. The Kier molecular flexibility index (Phi) is 5.59. The van der Waals surface area contributed by atoms with E-state index in [-0.39, 0.29) is 24.1 Å². The highest BCUT2D eigenvalue weighted by molar-refractivity contribution is 5.94. The fourth-order valence-electron chi connectivity index (χ4n) is 9.15. The lowest BCUT2D eigenvalue weighted by molar-refractivity contribution is -0.0892. The zero-order valence-electron chi connectivity index (χ0n) is 22.4. The number of hydrogen-bond donors (Lipinski definition) is 0. The average molecular weight is 487 g/mol. The molecule has 4 heteroatoms. The van der Waals surface area contributed by atoms with Crippen LogP contribution in [0.4, 0.5) is 0 Å². The number of hydrogen-bond acceptors (Lipinski definition) is 4. The molecule has 2 aromatic rings. The van der Waals surface area contributed by atoms with Gasteiger partial charge in [0.2, 0.25) is 0 Å². The van der Waals surface area contributed by atoms with E-state index < -0.39 is 0 Å². The summed E-state index contributed by atoms with van der Waals surface area (Å²) >= 11 is 0. The van der Waals surface area contributed by atoms with Gasteiger partial charge in [0.05, 0.1) is 11.1 Å². The van der Waals surface area contributed by atoms with Crippen molar-refractivity contribution in [1.82, 2.24) is 0 Å². The van der Waals surface area contributed by atoms with Gasteiger partial charge in [0, 0.05) is 11.8 Å². The van der Waals surface area contributed by atoms with Gasteiger partial charge in [-0.25, -0.2) is 9.59 Å². The van der Waals surface area contributed by atoms with Crippen LogP contribution in [0.25, 0.3) is 0 Å². The molecule has 190 valence electrons. The number of esters is 2. The molecule has 4 bridgehead atoms. The highest BCUT2D eigenvalue weighted by atomic mass is 16.6. The number of rotatable bonds is 4. The molecule has 0 radical (unpaired) electrons. The van der Waals surface area contributed by atoms with E-state index in [0.29, 0.717) is 34.8 Å². The summed E-state index contributed by atoms with van der Waals surface area (Å²) in [6.07, 6.45) is 4.19. The van der Waals surface area contributed by atoms with Crippen molar-refractivity contribution in [3.8, 4) is 0 Å². The summed E-state index contributed by atoms with van der Waals surface area (Å²) in [4.78, 5) is 27.1. The van der Waals surface area contributed by atoms with Crippen molar-refractivity contribution in [2.24, 2.45) is 35.5 Å². The van der Waals surface area contributed by atoms with Crippen molar-refractivity contribution in [3.05, 3.63) is 68.8 Å². The maximum Gasteiger partial charge on any atom is 0.339 e. The Bertz CT molecular complexity index is 1120. The maximum absolute atomic E-state index is 13.6. The second-order valence-corrected chi connectivity index (χ2v) is 12.3. The first-order chi connectivity index (χ1) is 17.1. The van der Waals surface area contributed by atoms with Crippen molar-refractivity contribution in [1.29, 1.82) is 0 Å². The molecule has 0 heterocycles. The van der Waals surface area contributed by atoms with Gasteiger partial charge >= 0.3 is 11.9 Å². The molecule has 0 N–H and O–H groups in total. The predicted molar refractivity (Wildman–Crippen MR) is 139 cm³/mol. The topological polar surface area (TPSA) is 52.6 Å². The fraction of sp³-hybridized carbons (Fsp3) is 0.562. The molecule has 8 atom stereocenters. The Morgan fingerprint density at radius 3 is 1.33 bits per heavy atom. The standard InChI is InChI=1S/C32H38O4/c1-15-9-17(3)25(18(4)10-15)31(33)35-29-23-14-24(28-22-8-7-21(13-22)27(23)28)30(29)36-32(34)26-19(5)11-16(2)12-20(26)6/h9-12,21-24,27-30H,7-8,13-14H2,1-6H3. The Morgan fingerprint density at radius 1 is 0.611 bits per heavy atom. The van der Waals surface area contributed by atoms with E-state index in [1.807, 2.05) is 65.8 Å². The molecule has 4 aliphatic carbocycles. The number of carbonyl (C=O) groups excluding carboxylic acids is 2. The molecule has 4 fully saturated rings. The summed E-state index contributed by atoms with van der Waals surface area (Å²) in [7, 11) is 0. The number of carbonyl (C=O) groups is 2. The molecule has 0 aromatic heterocycles. The maximum atomic E-state index is 13.6. The molecule has 4 nitrogen and oxygen atoms in total. The molecule has 0 aliphatic heterocycles. The van der Waals surface area contributed by atoms with Gasteiger partial charge in [-0.2, -0.15) is 0 Å². The van der Waals surface area contributed by atoms with Gasteiger partial charge < -0.3 is 9.47 Å². The summed E-state index contributed by atoms with van der Waals surface area (Å²) in [6, 6.07) is 8.15. The Labute approximate surface area is 214 Å². The SMILES string of the molecule is Cc1cc(C)c(C(=O)OC2C3CC(C2OC(=O)c2c(C)cc(C)cc2C)C2C4CCC(C4)C32)c(C)c1. The number of benzene rings is 2. The molecular weight excluding hydrogens is 448 g/mol. The third kappa shape index (κ3) is 3.55. The van der Waals surface area contributed by atoms with E-state index in [0.717, 1.165) is 51.6 Å². The average Bonchev–Trinajstić information content (AvgIpc) is 3.52. The van der Waals surface area contributed by atoms with Crippen LogP contribution in [0.1, 0.15) is 79.8 Å². The number of fused-ring (bicyclic) bond motifs is 9. The molecular formula is C32H38O4. The molecule has 0 saturated heterocycles. The molecule has 8 unspecified atom stereocenters. The van der Waals surface area contributed by atoms with Crippen LogP contribution in [0.15, 0.2) is 24.3 Å². The zero-order chi connectivity index (χ0) is 25.5. The summed E-state index contributed by atoms with van der Waals surface area (Å²) in [6.45, 7) is 12.0. The predicted octanol–water partition coefficient (Wildman–Crippen LogP) is 6.60. The van der Waals surface area contributed by atoms with Crippen molar-refractivity contribution in [3.63, 3.8) is 0 Å². The molecule has 2 aromatic carbocycles. The van der Waals surface area contributed by atoms with Crippen molar-refractivity contribution >= 4 is 11.9 Å². The van der Waals surface area contributed by atoms with E-state index >= 15 is 0 Å². The Balaban J connectivity index is 1.32. The molecule has 0 amide bonds. The third-order valence-electron chi connectivity index (χ3n) is 10.00. The summed E-state index contributed by atoms with van der Waals surface area (Å²) in [5.74, 6) is 2.77. The Morgan fingerprint density at radius 2 is 0.972 bits per heavy atom. The number of ether oxygens (including phenoxy) is 2. The minimum atomic E-state index is -0.363. The monoisotopic (exact) mass is 486 g/mol. The van der Waals surface area contributed by atoms with Crippen molar-refractivity contribution in [2.45, 2.75) is 79.4 Å². The third-order valence-corrected chi connectivity index (χ3v) is 10.00. The lowest BCUT2D eigenvalue weighted by Gasteiger charge is -2.42. The van der Waals surface area contributed by atoms with Crippen LogP contribution >= 0.6 is 0 Å². The highest BCUT2D eigenvalue weighted by Crippen LogP contribution is 2.68. The van der Waals surface area contributed by atoms with Crippen LogP contribution in [0.5, 0.6) is 0 Å². The molecule has 6 rings (SSSR count). The lowest BCUT2D eigenvalue weighted by Crippen LogP contribution is -2.48. The minimum absolute atomic E-state index is 0.272. The van der Waals surface area contributed by atoms with Crippen molar-refractivity contribution < 1.29 is 19.1 Å². The van der Waals surface area contributed by atoms with Gasteiger partial charge in [0.1, 0.15) is 12.2 Å². The van der Waals surface area contributed by atoms with Crippen LogP contribution in [-0.4, -0.2) is 24.1 Å². The molecule has 36 heavy (non-hydrogen) atoms. The van der Waals surface area contributed by atoms with Crippen LogP contribution in [0.3, 0.4) is 0 Å². The first-order valence-electron chi connectivity index (χ1n) is 13.7. The normalized spacial score (nSPS) is 33.6. The minimum Gasteiger partial charge on any atom is -0.454 e. The number of aryl methyl sites for hydroxylation is 6. The summed E-state index contributed by atoms with van der Waals surface area (Å²) < 4.78 is 12.7. The lowest BCUT2D eigenvalue weighted by atomic mass is 9.69. The summed E-state index contributed by atoms with van der Waals surface area (Å²) in [5, 5.41) is 0. The van der Waals surface area contributed by atoms with E-state index in [1.165, 1.54) is 19.3 Å². The van der Waals surface area contributed by atoms with Gasteiger partial charge in [-0.1, -0.05) is 35.4 Å². The first kappa shape index (κ1) is 23.8. The van der Waals surface area contributed by atoms with Crippen LogP contribution in [-0.2, 0) is 9.47 Å². The second-order valence-electron chi connectivity index (χ2n) is 12.3. The van der Waals surface area contributed by atoms with Crippen LogP contribution < -0.4 is 0 Å². The quantitative estimate of drug-likeness (QED) is 0.361. The van der Waals surface area contributed by atoms with E-state index in [4.69, 9.17) is 9.47 Å². The molecule has 4 aliphatic rings. The summed E-state index contributed by atoms with van der Waals surface area (Å²) in [5.41, 5.74) is 7.36. The van der Waals surface area contributed by atoms with E-state index in [9.17, 15) is 9.59 Å². The van der Waals surface area contributed by atoms with Crippen molar-refractivity contribution in [2.75, 3.05) is 0 Å². The second kappa shape index (κ2) is 8.46. The van der Waals surface area contributed by atoms with E-state index in [2.05, 4.69) is 0 Å². The van der Waals surface area contributed by atoms with Gasteiger partial charge in [0.25, 0.3) is 0 Å². The Hall–Kier alpha value is -2.62. The molecule has 4 saturated carbocycles. The molecule has 0 spiro atoms. The first-order valence-corrected chi connectivity index (χ1v) is 13.7. The smallest absolute Gasteiger partial charge is 0.339 e. The fourth-order valence-corrected chi connectivity index (χ4v) is 9.15. The largest absolute Gasteiger partial charge is 0.454 e. The van der Waals surface area contributed by atoms with Gasteiger partial charge in [0.15, 0.2) is 0 Å². The van der Waals surface area contributed by atoms with Gasteiger partial charge in [-0.05, 0) is 113 Å². The highest BCUT2D eigenvalue weighted by Gasteiger charge is 2.68. The van der Waals surface area contributed by atoms with Gasteiger partial charge in [-0.3, -0.25) is 0 Å². The van der Waals surface area contributed by atoms with Gasteiger partial charge in [-0.15, -0.1) is 0 Å².